The van der Waals surface area contributed by atoms with Crippen LogP contribution in [0.15, 0.2) is 12.1 Å². The van der Waals surface area contributed by atoms with Crippen molar-refractivity contribution in [3.8, 4) is 0 Å². The Morgan fingerprint density at radius 3 is 2.60 bits per heavy atom. The highest BCUT2D eigenvalue weighted by molar-refractivity contribution is 5.85. The van der Waals surface area contributed by atoms with Crippen LogP contribution in [0.1, 0.15) is 36.7 Å². The molecule has 0 atom stereocenters. The second kappa shape index (κ2) is 3.49. The van der Waals surface area contributed by atoms with Crippen LogP contribution in [-0.4, -0.2) is 26.8 Å². The third-order valence-corrected chi connectivity index (χ3v) is 2.77. The molecule has 0 aliphatic heterocycles. The highest BCUT2D eigenvalue weighted by Gasteiger charge is 2.31. The summed E-state index contributed by atoms with van der Waals surface area (Å²) in [5.74, 6) is -0.411. The minimum Gasteiger partial charge on any atom is -0.476 e. The summed E-state index contributed by atoms with van der Waals surface area (Å²) in [5, 5.41) is 19.3. The van der Waals surface area contributed by atoms with E-state index in [1.807, 2.05) is 0 Å². The Morgan fingerprint density at radius 2 is 2.20 bits per heavy atom. The fourth-order valence-corrected chi connectivity index (χ4v) is 1.65. The van der Waals surface area contributed by atoms with Gasteiger partial charge in [-0.25, -0.2) is 4.79 Å². The summed E-state index contributed by atoms with van der Waals surface area (Å²) >= 11 is 0. The van der Waals surface area contributed by atoms with Crippen molar-refractivity contribution in [2.24, 2.45) is 0 Å². The molecule has 0 amide bonds. The van der Waals surface area contributed by atoms with Crippen molar-refractivity contribution in [1.29, 1.82) is 0 Å². The van der Waals surface area contributed by atoms with Crippen LogP contribution in [0.4, 0.5) is 5.82 Å². The van der Waals surface area contributed by atoms with E-state index < -0.39 is 5.97 Å². The number of hydrogen-bond acceptors (Lipinski definition) is 4. The molecule has 1 fully saturated rings. The first-order valence-corrected chi connectivity index (χ1v) is 4.94. The van der Waals surface area contributed by atoms with Gasteiger partial charge in [-0.15, -0.1) is 10.2 Å². The quantitative estimate of drug-likeness (QED) is 0.786. The van der Waals surface area contributed by atoms with E-state index in [9.17, 15) is 4.79 Å². The lowest BCUT2D eigenvalue weighted by atomic mass is 9.78. The van der Waals surface area contributed by atoms with Crippen molar-refractivity contribution in [3.05, 3.63) is 17.8 Å². The van der Waals surface area contributed by atoms with Gasteiger partial charge in [0, 0.05) is 5.54 Å². The van der Waals surface area contributed by atoms with Crippen molar-refractivity contribution < 1.29 is 9.90 Å². The van der Waals surface area contributed by atoms with E-state index in [0.717, 1.165) is 12.8 Å². The Balaban J connectivity index is 2.07. The van der Waals surface area contributed by atoms with Crippen LogP contribution in [0, 0.1) is 0 Å². The van der Waals surface area contributed by atoms with Gasteiger partial charge in [0.15, 0.2) is 5.69 Å². The van der Waals surface area contributed by atoms with Crippen LogP contribution in [0.25, 0.3) is 0 Å². The van der Waals surface area contributed by atoms with Gasteiger partial charge < -0.3 is 10.4 Å². The second-order valence-corrected chi connectivity index (χ2v) is 4.15. The van der Waals surface area contributed by atoms with E-state index in [2.05, 4.69) is 22.4 Å². The smallest absolute Gasteiger partial charge is 0.356 e. The van der Waals surface area contributed by atoms with E-state index in [1.54, 1.807) is 6.07 Å². The average Bonchev–Trinajstić information content (AvgIpc) is 2.16. The van der Waals surface area contributed by atoms with Gasteiger partial charge >= 0.3 is 5.97 Å². The fourth-order valence-electron chi connectivity index (χ4n) is 1.65. The molecule has 2 N–H and O–H groups in total. The number of rotatable bonds is 3. The van der Waals surface area contributed by atoms with E-state index in [-0.39, 0.29) is 11.2 Å². The lowest BCUT2D eigenvalue weighted by Gasteiger charge is -2.39. The normalized spacial score (nSPS) is 17.9. The zero-order valence-corrected chi connectivity index (χ0v) is 8.53. The first-order valence-electron chi connectivity index (χ1n) is 4.94. The Labute approximate surface area is 87.5 Å². The molecule has 0 radical (unpaired) electrons. The number of nitrogens with zero attached hydrogens (tertiary/aromatic N) is 2. The molecule has 5 nitrogen and oxygen atoms in total. The Morgan fingerprint density at radius 1 is 1.47 bits per heavy atom. The molecule has 80 valence electrons. The summed E-state index contributed by atoms with van der Waals surface area (Å²) in [5.41, 5.74) is 0.0821. The lowest BCUT2D eigenvalue weighted by molar-refractivity contribution is 0.0689. The first kappa shape index (κ1) is 9.89. The number of carboxylic acids is 1. The first-order chi connectivity index (χ1) is 7.09. The Bertz CT molecular complexity index is 371. The van der Waals surface area contributed by atoms with Crippen LogP contribution in [-0.2, 0) is 0 Å². The molecule has 0 saturated heterocycles. The Kier molecular flexibility index (Phi) is 2.30. The molecule has 1 aliphatic rings. The summed E-state index contributed by atoms with van der Waals surface area (Å²) in [4.78, 5) is 10.5. The maximum Gasteiger partial charge on any atom is 0.356 e. The van der Waals surface area contributed by atoms with E-state index in [4.69, 9.17) is 5.11 Å². The standard InChI is InChI=1S/C10H13N3O2/c1-10(5-2-6-10)11-8-4-3-7(9(14)15)12-13-8/h3-4H,2,5-6H2,1H3,(H,11,13)(H,14,15). The average molecular weight is 207 g/mol. The number of carbonyl (C=O) groups is 1. The summed E-state index contributed by atoms with van der Waals surface area (Å²) in [6.45, 7) is 2.13. The molecule has 1 aliphatic carbocycles. The van der Waals surface area contributed by atoms with Crippen molar-refractivity contribution >= 4 is 11.8 Å². The molecule has 1 aromatic heterocycles. The molecule has 1 saturated carbocycles. The van der Waals surface area contributed by atoms with Crippen LogP contribution < -0.4 is 5.32 Å². The monoisotopic (exact) mass is 207 g/mol. The second-order valence-electron chi connectivity index (χ2n) is 4.15. The summed E-state index contributed by atoms with van der Waals surface area (Å²) in [6.07, 6.45) is 3.47. The van der Waals surface area contributed by atoms with Gasteiger partial charge in [-0.1, -0.05) is 0 Å². The van der Waals surface area contributed by atoms with Crippen LogP contribution in [0.5, 0.6) is 0 Å². The highest BCUT2D eigenvalue weighted by atomic mass is 16.4. The summed E-state index contributed by atoms with van der Waals surface area (Å²) in [6, 6.07) is 3.11. The number of carboxylic acid groups (broad SMARTS) is 1. The van der Waals surface area contributed by atoms with Crippen molar-refractivity contribution in [2.45, 2.75) is 31.7 Å². The van der Waals surface area contributed by atoms with Crippen molar-refractivity contribution in [2.75, 3.05) is 5.32 Å². The zero-order valence-electron chi connectivity index (χ0n) is 8.53. The lowest BCUT2D eigenvalue weighted by Crippen LogP contribution is -2.41. The van der Waals surface area contributed by atoms with Crippen LogP contribution in [0.2, 0.25) is 0 Å². The Hall–Kier alpha value is -1.65. The topological polar surface area (TPSA) is 75.1 Å². The molecule has 0 aromatic carbocycles. The minimum absolute atomic E-state index is 0.0284. The van der Waals surface area contributed by atoms with E-state index >= 15 is 0 Å². The number of anilines is 1. The number of hydrogen-bond donors (Lipinski definition) is 2. The molecular formula is C10H13N3O2. The van der Waals surface area contributed by atoms with Crippen molar-refractivity contribution in [1.82, 2.24) is 10.2 Å². The third kappa shape index (κ3) is 2.06. The molecule has 0 unspecified atom stereocenters. The molecular weight excluding hydrogens is 194 g/mol. The molecule has 5 heteroatoms. The van der Waals surface area contributed by atoms with Crippen LogP contribution in [0.3, 0.4) is 0 Å². The molecule has 15 heavy (non-hydrogen) atoms. The van der Waals surface area contributed by atoms with Crippen LogP contribution >= 0.6 is 0 Å². The van der Waals surface area contributed by atoms with Crippen molar-refractivity contribution in [3.63, 3.8) is 0 Å². The summed E-state index contributed by atoms with van der Waals surface area (Å²) in [7, 11) is 0. The molecule has 1 heterocycles. The highest BCUT2D eigenvalue weighted by Crippen LogP contribution is 2.33. The predicted molar refractivity (Wildman–Crippen MR) is 54.9 cm³/mol. The van der Waals surface area contributed by atoms with Gasteiger partial charge in [-0.3, -0.25) is 0 Å². The number of nitrogens with one attached hydrogen (secondary N) is 1. The maximum absolute atomic E-state index is 10.5. The van der Waals surface area contributed by atoms with E-state index in [1.165, 1.54) is 12.5 Å². The van der Waals surface area contributed by atoms with E-state index in [0.29, 0.717) is 5.82 Å². The van der Waals surface area contributed by atoms with Gasteiger partial charge in [-0.05, 0) is 38.3 Å². The molecule has 0 spiro atoms. The zero-order chi connectivity index (χ0) is 10.9. The molecule has 0 bridgehead atoms. The maximum atomic E-state index is 10.5. The molecule has 2 rings (SSSR count). The number of aromatic nitrogens is 2. The minimum atomic E-state index is -1.05. The van der Waals surface area contributed by atoms with Gasteiger partial charge in [0.05, 0.1) is 0 Å². The predicted octanol–water partition coefficient (Wildman–Crippen LogP) is 1.53. The van der Waals surface area contributed by atoms with Gasteiger partial charge in [0.25, 0.3) is 0 Å². The SMILES string of the molecule is CC1(Nc2ccc(C(=O)O)nn2)CCC1. The van der Waals surface area contributed by atoms with Gasteiger partial charge in [0.2, 0.25) is 0 Å². The summed E-state index contributed by atoms with van der Waals surface area (Å²) < 4.78 is 0. The number of aromatic carboxylic acids is 1. The van der Waals surface area contributed by atoms with Gasteiger partial charge in [-0.2, -0.15) is 0 Å². The largest absolute Gasteiger partial charge is 0.476 e. The molecule has 1 aromatic rings. The third-order valence-electron chi connectivity index (χ3n) is 2.77. The fraction of sp³-hybridized carbons (Fsp3) is 0.500. The van der Waals surface area contributed by atoms with Gasteiger partial charge in [0.1, 0.15) is 5.82 Å².